The number of H-pyrrole nitrogens is 1. The topological polar surface area (TPSA) is 91.0 Å². The number of Topliss-reactive ketones (excluding diaryl/α,β-unsaturated/α-hetero) is 1. The molecule has 1 amide bonds. The molecule has 0 unspecified atom stereocenters. The highest BCUT2D eigenvalue weighted by Gasteiger charge is 2.58. The smallest absolute Gasteiger partial charge is 0.346 e. The molecule has 1 aliphatic carbocycles. The van der Waals surface area contributed by atoms with E-state index in [-0.39, 0.29) is 34.6 Å². The molecule has 0 radical (unpaired) electrons. The van der Waals surface area contributed by atoms with E-state index in [2.05, 4.69) is 32.1 Å². The fourth-order valence-electron chi connectivity index (χ4n) is 6.26. The number of hydrogen-bond acceptors (Lipinski definition) is 5. The minimum absolute atomic E-state index is 0.0295. The van der Waals surface area contributed by atoms with Gasteiger partial charge in [-0.3, -0.25) is 14.6 Å². The summed E-state index contributed by atoms with van der Waals surface area (Å²) in [6, 6.07) is 5.02. The van der Waals surface area contributed by atoms with Crippen molar-refractivity contribution in [3.05, 3.63) is 48.0 Å². The Morgan fingerprint density at radius 2 is 1.88 bits per heavy atom. The molecule has 2 aliphatic rings. The molecule has 226 valence electrons. The van der Waals surface area contributed by atoms with E-state index in [1.807, 2.05) is 6.92 Å². The third-order valence-corrected chi connectivity index (χ3v) is 9.21. The van der Waals surface area contributed by atoms with Crippen LogP contribution in [0.4, 0.5) is 13.2 Å². The second-order valence-electron chi connectivity index (χ2n) is 11.9. The van der Waals surface area contributed by atoms with Crippen molar-refractivity contribution in [2.75, 3.05) is 19.6 Å². The van der Waals surface area contributed by atoms with Crippen LogP contribution in [0.5, 0.6) is 0 Å². The van der Waals surface area contributed by atoms with Gasteiger partial charge in [-0.15, -0.1) is 0 Å². The van der Waals surface area contributed by atoms with E-state index in [4.69, 9.17) is 0 Å². The van der Waals surface area contributed by atoms with Gasteiger partial charge in [0.05, 0.1) is 29.0 Å². The number of carbonyl (C=O) groups excluding carboxylic acids is 2. The fourth-order valence-corrected chi connectivity index (χ4v) is 6.26. The number of halogens is 3. The first-order valence-electron chi connectivity index (χ1n) is 15.2. The minimum Gasteiger partial charge on any atom is -0.346 e. The molecule has 5 rings (SSSR count). The first kappa shape index (κ1) is 30.2. The van der Waals surface area contributed by atoms with Gasteiger partial charge in [-0.1, -0.05) is 32.8 Å². The summed E-state index contributed by atoms with van der Waals surface area (Å²) in [5, 5.41) is 3.88. The Morgan fingerprint density at radius 3 is 2.60 bits per heavy atom. The van der Waals surface area contributed by atoms with Gasteiger partial charge >= 0.3 is 6.18 Å². The van der Waals surface area contributed by atoms with Gasteiger partial charge in [0.25, 0.3) is 0 Å². The average Bonchev–Trinajstić information content (AvgIpc) is 3.45. The molecular formula is C32H40F3N5O2. The van der Waals surface area contributed by atoms with E-state index in [1.54, 1.807) is 12.3 Å². The highest BCUT2D eigenvalue weighted by atomic mass is 19.4. The first-order valence-corrected chi connectivity index (χ1v) is 15.2. The highest BCUT2D eigenvalue weighted by molar-refractivity contribution is 5.84. The molecule has 2 fully saturated rings. The van der Waals surface area contributed by atoms with Crippen molar-refractivity contribution in [1.82, 2.24) is 25.2 Å². The molecule has 3 heterocycles. The molecule has 1 saturated carbocycles. The number of nitrogens with one attached hydrogen (secondary N) is 2. The second-order valence-corrected chi connectivity index (χ2v) is 11.9. The molecule has 3 aromatic rings. The van der Waals surface area contributed by atoms with Gasteiger partial charge in [0, 0.05) is 35.9 Å². The lowest BCUT2D eigenvalue weighted by Gasteiger charge is -2.32. The molecule has 1 spiro atoms. The Balaban J connectivity index is 1.29. The predicted octanol–water partition coefficient (Wildman–Crippen LogP) is 6.85. The average molecular weight is 584 g/mol. The van der Waals surface area contributed by atoms with Gasteiger partial charge in [-0.05, 0) is 75.4 Å². The summed E-state index contributed by atoms with van der Waals surface area (Å²) in [6.45, 7) is 7.18. The van der Waals surface area contributed by atoms with E-state index >= 15 is 0 Å². The van der Waals surface area contributed by atoms with Crippen molar-refractivity contribution in [1.29, 1.82) is 0 Å². The largest absolute Gasteiger partial charge is 0.416 e. The molecule has 2 aromatic heterocycles. The molecule has 1 saturated heterocycles. The molecular weight excluding hydrogens is 543 g/mol. The van der Waals surface area contributed by atoms with Crippen molar-refractivity contribution in [2.45, 2.75) is 83.9 Å². The van der Waals surface area contributed by atoms with Crippen LogP contribution in [0.3, 0.4) is 0 Å². The number of imidazole rings is 1. The van der Waals surface area contributed by atoms with Crippen molar-refractivity contribution in [3.8, 4) is 11.3 Å². The maximum Gasteiger partial charge on any atom is 0.416 e. The van der Waals surface area contributed by atoms with Gasteiger partial charge in [-0.2, -0.15) is 13.2 Å². The molecule has 7 nitrogen and oxygen atoms in total. The Kier molecular flexibility index (Phi) is 9.01. The number of nitrogens with zero attached hydrogens (tertiary/aromatic N) is 3. The van der Waals surface area contributed by atoms with Gasteiger partial charge in [0.2, 0.25) is 5.91 Å². The maximum atomic E-state index is 13.5. The number of ketones is 1. The molecule has 2 atom stereocenters. The lowest BCUT2D eigenvalue weighted by atomic mass is 9.90. The molecule has 10 heteroatoms. The number of piperidine rings is 1. The zero-order chi connectivity index (χ0) is 29.9. The van der Waals surface area contributed by atoms with Crippen molar-refractivity contribution in [3.63, 3.8) is 0 Å². The summed E-state index contributed by atoms with van der Waals surface area (Å²) in [4.78, 5) is 39.8. The minimum atomic E-state index is -4.43. The summed E-state index contributed by atoms with van der Waals surface area (Å²) in [5.74, 6) is 1.02. The van der Waals surface area contributed by atoms with E-state index in [9.17, 15) is 22.8 Å². The summed E-state index contributed by atoms with van der Waals surface area (Å²) < 4.78 is 39.3. The molecule has 1 aromatic carbocycles. The van der Waals surface area contributed by atoms with Crippen molar-refractivity contribution in [2.24, 2.45) is 11.3 Å². The number of alkyl halides is 3. The zero-order valence-corrected chi connectivity index (χ0v) is 24.4. The van der Waals surface area contributed by atoms with E-state index in [0.29, 0.717) is 41.7 Å². The molecule has 2 N–H and O–H groups in total. The van der Waals surface area contributed by atoms with Gasteiger partial charge in [0.15, 0.2) is 0 Å². The van der Waals surface area contributed by atoms with Crippen LogP contribution in [-0.4, -0.2) is 51.2 Å². The number of carbonyl (C=O) groups is 2. The molecule has 1 aliphatic heterocycles. The van der Waals surface area contributed by atoms with Crippen LogP contribution in [-0.2, 0) is 15.8 Å². The Hall–Kier alpha value is -3.27. The number of fused-ring (bicyclic) bond motifs is 1. The number of rotatable bonds is 12. The van der Waals surface area contributed by atoms with Crippen LogP contribution in [0.25, 0.3) is 22.2 Å². The SMILES string of the molecule is CCC(=O)CCCCC[C@H](NC(=O)[C@H]1CC12CCN(CC)CC2)c1ncc(-c2cnc3cc(C(F)(F)F)ccc3c2)[nH]1. The number of amides is 1. The van der Waals surface area contributed by atoms with E-state index < -0.39 is 11.7 Å². The van der Waals surface area contributed by atoms with Crippen LogP contribution >= 0.6 is 0 Å². The third-order valence-electron chi connectivity index (χ3n) is 9.21. The number of hydrogen-bond donors (Lipinski definition) is 2. The normalized spacial score (nSPS) is 19.2. The van der Waals surface area contributed by atoms with Gasteiger partial charge in [0.1, 0.15) is 11.6 Å². The van der Waals surface area contributed by atoms with Crippen LogP contribution in [0.15, 0.2) is 36.7 Å². The number of aromatic nitrogens is 3. The van der Waals surface area contributed by atoms with Gasteiger partial charge < -0.3 is 15.2 Å². The highest BCUT2D eigenvalue weighted by Crippen LogP contribution is 2.59. The standard InChI is InChI=1S/C32H40F3N5O2/c1-3-24(41)8-6-5-7-9-26(39-30(42)25-18-31(25)12-14-40(4-2)15-13-31)29-37-20-28(38-29)22-16-21-10-11-23(32(33,34)35)17-27(21)36-19-22/h10-11,16-17,19-20,25-26H,3-9,12-15,18H2,1-2H3,(H,37,38)(H,39,42)/t25-,26+/m1/s1. The van der Waals surface area contributed by atoms with E-state index in [0.717, 1.165) is 70.3 Å². The van der Waals surface area contributed by atoms with Crippen LogP contribution in [0, 0.1) is 11.3 Å². The zero-order valence-electron chi connectivity index (χ0n) is 24.4. The summed E-state index contributed by atoms with van der Waals surface area (Å²) in [6.07, 6.45) is 6.23. The third kappa shape index (κ3) is 6.85. The number of aromatic amines is 1. The van der Waals surface area contributed by atoms with Gasteiger partial charge in [-0.25, -0.2) is 4.98 Å². The predicted molar refractivity (Wildman–Crippen MR) is 155 cm³/mol. The molecule has 0 bridgehead atoms. The summed E-state index contributed by atoms with van der Waals surface area (Å²) in [7, 11) is 0. The van der Waals surface area contributed by atoms with E-state index in [1.165, 1.54) is 12.3 Å². The van der Waals surface area contributed by atoms with Crippen LogP contribution < -0.4 is 5.32 Å². The monoisotopic (exact) mass is 583 g/mol. The molecule has 42 heavy (non-hydrogen) atoms. The summed E-state index contributed by atoms with van der Waals surface area (Å²) >= 11 is 0. The summed E-state index contributed by atoms with van der Waals surface area (Å²) in [5.41, 5.74) is 1.04. The Bertz CT molecular complexity index is 1410. The first-order chi connectivity index (χ1) is 20.1. The number of unbranched alkanes of at least 4 members (excludes halogenated alkanes) is 2. The second kappa shape index (κ2) is 12.5. The quantitative estimate of drug-likeness (QED) is 0.228. The van der Waals surface area contributed by atoms with Crippen molar-refractivity contribution < 1.29 is 22.8 Å². The fraction of sp³-hybridized carbons (Fsp3) is 0.562. The maximum absolute atomic E-state index is 13.5. The van der Waals surface area contributed by atoms with Crippen molar-refractivity contribution >= 4 is 22.6 Å². The Morgan fingerprint density at radius 1 is 1.10 bits per heavy atom. The lowest BCUT2D eigenvalue weighted by Crippen LogP contribution is -2.37. The van der Waals surface area contributed by atoms with Crippen LogP contribution in [0.2, 0.25) is 0 Å². The van der Waals surface area contributed by atoms with Crippen LogP contribution in [0.1, 0.15) is 89.1 Å². The number of benzene rings is 1. The lowest BCUT2D eigenvalue weighted by molar-refractivity contribution is -0.137. The number of pyridine rings is 1. The number of likely N-dealkylation sites (tertiary alicyclic amines) is 1. The Labute approximate surface area is 244 Å².